The number of rotatable bonds is 3. The van der Waals surface area contributed by atoms with Crippen molar-refractivity contribution in [2.45, 2.75) is 26.3 Å². The van der Waals surface area contributed by atoms with Crippen LogP contribution < -0.4 is 5.32 Å². The van der Waals surface area contributed by atoms with Crippen molar-refractivity contribution in [1.29, 1.82) is 0 Å². The first-order valence-electron chi connectivity index (χ1n) is 5.94. The van der Waals surface area contributed by atoms with E-state index in [9.17, 15) is 8.42 Å². The van der Waals surface area contributed by atoms with Crippen LogP contribution in [0.3, 0.4) is 0 Å². The van der Waals surface area contributed by atoms with Crippen molar-refractivity contribution < 1.29 is 8.42 Å². The maximum absolute atomic E-state index is 11.5. The minimum atomic E-state index is -2.92. The molecule has 0 amide bonds. The van der Waals surface area contributed by atoms with Gasteiger partial charge < -0.3 is 10.3 Å². The van der Waals surface area contributed by atoms with Crippen molar-refractivity contribution in [2.75, 3.05) is 18.1 Å². The molecule has 2 N–H and O–H groups in total. The van der Waals surface area contributed by atoms with Crippen molar-refractivity contribution in [3.63, 3.8) is 0 Å². The van der Waals surface area contributed by atoms with Crippen LogP contribution in [0.1, 0.15) is 31.4 Å². The lowest BCUT2D eigenvalue weighted by molar-refractivity contribution is 0.516. The summed E-state index contributed by atoms with van der Waals surface area (Å²) in [5, 5.41) is 3.18. The second-order valence-corrected chi connectivity index (χ2v) is 7.24. The lowest BCUT2D eigenvalue weighted by atomic mass is 10.1. The Morgan fingerprint density at radius 3 is 2.94 bits per heavy atom. The van der Waals surface area contributed by atoms with Crippen LogP contribution in [0.5, 0.6) is 0 Å². The van der Waals surface area contributed by atoms with Gasteiger partial charge in [0.15, 0.2) is 9.84 Å². The lowest BCUT2D eigenvalue weighted by Crippen LogP contribution is -2.39. The number of imidazole rings is 1. The molecule has 0 radical (unpaired) electrons. The van der Waals surface area contributed by atoms with E-state index in [1.54, 1.807) is 6.20 Å². The monoisotopic (exact) mass is 257 g/mol. The molecule has 1 unspecified atom stereocenters. The van der Waals surface area contributed by atoms with Crippen molar-refractivity contribution in [2.24, 2.45) is 5.92 Å². The first-order valence-corrected chi connectivity index (χ1v) is 7.76. The van der Waals surface area contributed by atoms with Gasteiger partial charge in [0, 0.05) is 18.4 Å². The highest BCUT2D eigenvalue weighted by atomic mass is 32.2. The molecule has 1 aliphatic heterocycles. The molecule has 1 aromatic rings. The summed E-state index contributed by atoms with van der Waals surface area (Å²) in [4.78, 5) is 7.49. The Morgan fingerprint density at radius 1 is 1.53 bits per heavy atom. The van der Waals surface area contributed by atoms with Crippen LogP contribution in [0.2, 0.25) is 0 Å². The third-order valence-corrected chi connectivity index (χ3v) is 4.50. The molecule has 2 rings (SSSR count). The summed E-state index contributed by atoms with van der Waals surface area (Å²) in [5.41, 5.74) is 1.07. The molecule has 0 saturated carbocycles. The minimum Gasteiger partial charge on any atom is -0.345 e. The predicted octanol–water partition coefficient (Wildman–Crippen LogP) is 0.667. The molecule has 2 heterocycles. The summed E-state index contributed by atoms with van der Waals surface area (Å²) in [6.07, 6.45) is 2.74. The third-order valence-electron chi connectivity index (χ3n) is 2.83. The summed E-state index contributed by atoms with van der Waals surface area (Å²) in [6.45, 7) is 4.79. The Labute approximate surface area is 102 Å². The van der Waals surface area contributed by atoms with E-state index < -0.39 is 9.84 Å². The van der Waals surface area contributed by atoms with Gasteiger partial charge in [-0.3, -0.25) is 0 Å². The van der Waals surface area contributed by atoms with Crippen molar-refractivity contribution >= 4 is 9.84 Å². The van der Waals surface area contributed by atoms with E-state index in [4.69, 9.17) is 0 Å². The molecule has 6 heteroatoms. The van der Waals surface area contributed by atoms with E-state index in [-0.39, 0.29) is 17.5 Å². The number of hydrogen-bond acceptors (Lipinski definition) is 4. The molecule has 1 saturated heterocycles. The van der Waals surface area contributed by atoms with E-state index in [1.807, 2.05) is 0 Å². The predicted molar refractivity (Wildman–Crippen MR) is 66.5 cm³/mol. The zero-order chi connectivity index (χ0) is 12.5. The van der Waals surface area contributed by atoms with Crippen molar-refractivity contribution in [3.8, 4) is 0 Å². The standard InChI is InChI=1S/C11H19N3O2S/c1-8(2)5-9-6-13-11(14-9)10-7-17(15,16)4-3-12-10/h6,8,10,12H,3-5,7H2,1-2H3,(H,13,14). The van der Waals surface area contributed by atoms with Crippen molar-refractivity contribution in [3.05, 3.63) is 17.7 Å². The molecule has 1 aromatic heterocycles. The lowest BCUT2D eigenvalue weighted by Gasteiger charge is -2.21. The molecular formula is C11H19N3O2S. The van der Waals surface area contributed by atoms with Gasteiger partial charge in [0.05, 0.1) is 17.5 Å². The molecule has 0 bridgehead atoms. The molecule has 0 spiro atoms. The number of nitrogens with one attached hydrogen (secondary N) is 2. The fourth-order valence-electron chi connectivity index (χ4n) is 2.06. The normalized spacial score (nSPS) is 24.1. The summed E-state index contributed by atoms with van der Waals surface area (Å²) in [7, 11) is -2.92. The topological polar surface area (TPSA) is 74.8 Å². The van der Waals surface area contributed by atoms with Crippen LogP contribution in [-0.4, -0.2) is 36.4 Å². The molecule has 0 aromatic carbocycles. The smallest absolute Gasteiger partial charge is 0.153 e. The molecule has 1 fully saturated rings. The van der Waals surface area contributed by atoms with Gasteiger partial charge in [0.2, 0.25) is 0 Å². The van der Waals surface area contributed by atoms with Crippen LogP contribution in [-0.2, 0) is 16.3 Å². The van der Waals surface area contributed by atoms with Gasteiger partial charge in [-0.1, -0.05) is 13.8 Å². The van der Waals surface area contributed by atoms with Gasteiger partial charge in [0.25, 0.3) is 0 Å². The third kappa shape index (κ3) is 3.29. The first-order chi connectivity index (χ1) is 7.96. The number of H-pyrrole nitrogens is 1. The summed E-state index contributed by atoms with van der Waals surface area (Å²) in [6, 6.07) is -0.185. The molecule has 5 nitrogen and oxygen atoms in total. The van der Waals surface area contributed by atoms with Crippen LogP contribution in [0, 0.1) is 5.92 Å². The Morgan fingerprint density at radius 2 is 2.29 bits per heavy atom. The van der Waals surface area contributed by atoms with Crippen LogP contribution in [0.15, 0.2) is 6.20 Å². The van der Waals surface area contributed by atoms with Gasteiger partial charge in [-0.15, -0.1) is 0 Å². The van der Waals surface area contributed by atoms with Crippen LogP contribution in [0.25, 0.3) is 0 Å². The molecule has 96 valence electrons. The Bertz CT molecular complexity index is 479. The maximum atomic E-state index is 11.5. The van der Waals surface area contributed by atoms with E-state index in [1.165, 1.54) is 0 Å². The zero-order valence-corrected chi connectivity index (χ0v) is 11.0. The summed E-state index contributed by atoms with van der Waals surface area (Å²) >= 11 is 0. The number of nitrogens with zero attached hydrogens (tertiary/aromatic N) is 1. The molecule has 17 heavy (non-hydrogen) atoms. The average Bonchev–Trinajstić information content (AvgIpc) is 2.63. The molecule has 1 aliphatic rings. The summed E-state index contributed by atoms with van der Waals surface area (Å²) < 4.78 is 23.1. The number of sulfone groups is 1. The van der Waals surface area contributed by atoms with Crippen LogP contribution in [0.4, 0.5) is 0 Å². The molecule has 0 aliphatic carbocycles. The zero-order valence-electron chi connectivity index (χ0n) is 10.2. The number of aromatic nitrogens is 2. The van der Waals surface area contributed by atoms with Gasteiger partial charge in [0.1, 0.15) is 5.82 Å². The Hall–Kier alpha value is -0.880. The Balaban J connectivity index is 2.09. The SMILES string of the molecule is CC(C)Cc1cnc(C2CS(=O)(=O)CCN2)[nH]1. The van der Waals surface area contributed by atoms with E-state index in [2.05, 4.69) is 29.1 Å². The maximum Gasteiger partial charge on any atom is 0.153 e. The van der Waals surface area contributed by atoms with Gasteiger partial charge in [-0.25, -0.2) is 13.4 Å². The van der Waals surface area contributed by atoms with Crippen molar-refractivity contribution in [1.82, 2.24) is 15.3 Å². The second kappa shape index (κ2) is 4.78. The quantitative estimate of drug-likeness (QED) is 0.834. The minimum absolute atomic E-state index is 0.141. The highest BCUT2D eigenvalue weighted by Crippen LogP contribution is 2.16. The fraction of sp³-hybridized carbons (Fsp3) is 0.727. The van der Waals surface area contributed by atoms with E-state index in [0.717, 1.165) is 17.9 Å². The highest BCUT2D eigenvalue weighted by Gasteiger charge is 2.27. The van der Waals surface area contributed by atoms with Gasteiger partial charge in [-0.05, 0) is 12.3 Å². The van der Waals surface area contributed by atoms with Gasteiger partial charge >= 0.3 is 0 Å². The van der Waals surface area contributed by atoms with Gasteiger partial charge in [-0.2, -0.15) is 0 Å². The Kier molecular flexibility index (Phi) is 3.53. The fourth-order valence-corrected chi connectivity index (χ4v) is 3.44. The molecular weight excluding hydrogens is 238 g/mol. The van der Waals surface area contributed by atoms with Crippen LogP contribution >= 0.6 is 0 Å². The largest absolute Gasteiger partial charge is 0.345 e. The molecule has 1 atom stereocenters. The average molecular weight is 257 g/mol. The summed E-state index contributed by atoms with van der Waals surface area (Å²) in [5.74, 6) is 1.67. The first kappa shape index (κ1) is 12.6. The van der Waals surface area contributed by atoms with E-state index in [0.29, 0.717) is 12.5 Å². The second-order valence-electron chi connectivity index (χ2n) is 5.01. The number of hydrogen-bond donors (Lipinski definition) is 2. The highest BCUT2D eigenvalue weighted by molar-refractivity contribution is 7.91. The number of aromatic amines is 1. The van der Waals surface area contributed by atoms with E-state index >= 15 is 0 Å².